The Labute approximate surface area is 107 Å². The highest BCUT2D eigenvalue weighted by molar-refractivity contribution is 5.93. The second-order valence-electron chi connectivity index (χ2n) is 4.69. The molecule has 0 aliphatic carbocycles. The number of carbonyl (C=O) groups excluding carboxylic acids is 1. The number of hydrogen-bond donors (Lipinski definition) is 1. The summed E-state index contributed by atoms with van der Waals surface area (Å²) >= 11 is 0. The fourth-order valence-corrected chi connectivity index (χ4v) is 1.65. The lowest BCUT2D eigenvalue weighted by Crippen LogP contribution is -2.48. The van der Waals surface area contributed by atoms with Crippen LogP contribution in [0.4, 0.5) is 0 Å². The molecule has 5 nitrogen and oxygen atoms in total. The molecule has 1 heterocycles. The van der Waals surface area contributed by atoms with Gasteiger partial charge in [-0.05, 0) is 18.9 Å². The van der Waals surface area contributed by atoms with Crippen molar-refractivity contribution in [1.29, 1.82) is 5.26 Å². The molecule has 0 aromatic carbocycles. The monoisotopic (exact) mass is 250 g/mol. The molecule has 0 saturated carbocycles. The molecule has 1 amide bonds. The molecular weight excluding hydrogens is 232 g/mol. The lowest BCUT2D eigenvalue weighted by molar-refractivity contribution is 0.0831. The molecule has 0 saturated heterocycles. The topological polar surface area (TPSA) is 75.3 Å². The van der Waals surface area contributed by atoms with Crippen molar-refractivity contribution in [2.75, 3.05) is 13.7 Å². The maximum Gasteiger partial charge on any atom is 0.288 e. The van der Waals surface area contributed by atoms with Gasteiger partial charge in [0.25, 0.3) is 5.91 Å². The first-order chi connectivity index (χ1) is 8.43. The number of hydrogen-bond acceptors (Lipinski definition) is 4. The smallest absolute Gasteiger partial charge is 0.288 e. The molecule has 5 heteroatoms. The maximum atomic E-state index is 12.1. The van der Waals surface area contributed by atoms with Crippen LogP contribution in [0.3, 0.4) is 0 Å². The summed E-state index contributed by atoms with van der Waals surface area (Å²) in [7, 11) is 1.48. The number of nitrogens with one attached hydrogen (secondary N) is 1. The van der Waals surface area contributed by atoms with Crippen molar-refractivity contribution < 1.29 is 13.9 Å². The van der Waals surface area contributed by atoms with Gasteiger partial charge in [0.05, 0.1) is 18.9 Å². The van der Waals surface area contributed by atoms with Crippen molar-refractivity contribution in [3.8, 4) is 6.07 Å². The molecular formula is C13H18N2O3. The zero-order valence-electron chi connectivity index (χ0n) is 11.1. The Balaban J connectivity index is 2.89. The Hall–Kier alpha value is -1.80. The number of methoxy groups -OCH3 is 1. The van der Waals surface area contributed by atoms with Gasteiger partial charge in [0, 0.05) is 12.7 Å². The normalized spacial score (nSPS) is 14.0. The Bertz CT molecular complexity index is 459. The second-order valence-corrected chi connectivity index (χ2v) is 4.69. The van der Waals surface area contributed by atoms with Crippen LogP contribution in [0.25, 0.3) is 0 Å². The van der Waals surface area contributed by atoms with Crippen molar-refractivity contribution in [3.05, 3.63) is 23.7 Å². The van der Waals surface area contributed by atoms with Gasteiger partial charge in [-0.25, -0.2) is 0 Å². The highest BCUT2D eigenvalue weighted by Crippen LogP contribution is 2.21. The summed E-state index contributed by atoms with van der Waals surface area (Å²) < 4.78 is 10.1. The zero-order valence-corrected chi connectivity index (χ0v) is 11.1. The van der Waals surface area contributed by atoms with Crippen molar-refractivity contribution in [1.82, 2.24) is 5.32 Å². The van der Waals surface area contributed by atoms with E-state index in [2.05, 4.69) is 5.32 Å². The van der Waals surface area contributed by atoms with Gasteiger partial charge in [0.2, 0.25) is 0 Å². The Morgan fingerprint density at radius 3 is 2.83 bits per heavy atom. The van der Waals surface area contributed by atoms with E-state index in [1.165, 1.54) is 13.4 Å². The number of amides is 1. The minimum atomic E-state index is -1.06. The van der Waals surface area contributed by atoms with Crippen LogP contribution in [0, 0.1) is 11.3 Å². The maximum absolute atomic E-state index is 12.1. The molecule has 98 valence electrons. The first-order valence-electron chi connectivity index (χ1n) is 5.73. The Kier molecular flexibility index (Phi) is 4.51. The van der Waals surface area contributed by atoms with E-state index in [-0.39, 0.29) is 18.3 Å². The summed E-state index contributed by atoms with van der Waals surface area (Å²) in [6.45, 7) is 5.67. The Morgan fingerprint density at radius 1 is 1.67 bits per heavy atom. The molecule has 0 aliphatic rings. The molecule has 1 rings (SSSR count). The fraction of sp³-hybridized carbons (Fsp3) is 0.538. The van der Waals surface area contributed by atoms with E-state index in [1.54, 1.807) is 13.0 Å². The quantitative estimate of drug-likeness (QED) is 0.867. The van der Waals surface area contributed by atoms with Crippen LogP contribution in [0.15, 0.2) is 16.7 Å². The summed E-state index contributed by atoms with van der Waals surface area (Å²) in [6, 6.07) is 3.79. The van der Waals surface area contributed by atoms with Crippen molar-refractivity contribution in [2.45, 2.75) is 32.2 Å². The Morgan fingerprint density at radius 2 is 2.33 bits per heavy atom. The molecule has 1 aromatic heterocycles. The molecule has 1 atom stereocenters. The van der Waals surface area contributed by atoms with E-state index >= 15 is 0 Å². The third kappa shape index (κ3) is 3.11. The minimum absolute atomic E-state index is 0.118. The van der Waals surface area contributed by atoms with Crippen LogP contribution >= 0.6 is 0 Å². The summed E-state index contributed by atoms with van der Waals surface area (Å²) in [6.07, 6.45) is 1.48. The molecule has 0 aliphatic heterocycles. The zero-order chi connectivity index (χ0) is 13.8. The summed E-state index contributed by atoms with van der Waals surface area (Å²) in [5.74, 6) is 0.0349. The predicted octanol–water partition coefficient (Wildman–Crippen LogP) is 2.06. The first-order valence-corrected chi connectivity index (χ1v) is 5.73. The largest absolute Gasteiger partial charge is 0.459 e. The van der Waals surface area contributed by atoms with Crippen molar-refractivity contribution in [2.24, 2.45) is 0 Å². The minimum Gasteiger partial charge on any atom is -0.459 e. The van der Waals surface area contributed by atoms with Gasteiger partial charge < -0.3 is 14.5 Å². The molecule has 18 heavy (non-hydrogen) atoms. The average molecular weight is 250 g/mol. The second kappa shape index (κ2) is 5.69. The van der Waals surface area contributed by atoms with Crippen LogP contribution in [-0.4, -0.2) is 25.2 Å². The highest BCUT2D eigenvalue weighted by Gasteiger charge is 2.29. The van der Waals surface area contributed by atoms with E-state index in [0.29, 0.717) is 0 Å². The third-order valence-electron chi connectivity index (χ3n) is 2.59. The lowest BCUT2D eigenvalue weighted by atomic mass is 10.0. The standard InChI is InChI=1S/C13H18N2O3/c1-9(2)10-5-6-18-11(10)12(16)15-13(3,7-14)8-17-4/h5-6,9H,8H2,1-4H3,(H,15,16). The highest BCUT2D eigenvalue weighted by atomic mass is 16.5. The molecule has 0 spiro atoms. The SMILES string of the molecule is COCC(C)(C#N)NC(=O)c1occc1C(C)C. The van der Waals surface area contributed by atoms with Gasteiger partial charge in [-0.3, -0.25) is 4.79 Å². The average Bonchev–Trinajstić information content (AvgIpc) is 2.78. The van der Waals surface area contributed by atoms with E-state index in [0.717, 1.165) is 5.56 Å². The summed E-state index contributed by atoms with van der Waals surface area (Å²) in [5.41, 5.74) is -0.238. The molecule has 0 bridgehead atoms. The van der Waals surface area contributed by atoms with E-state index in [4.69, 9.17) is 14.4 Å². The van der Waals surface area contributed by atoms with Crippen LogP contribution < -0.4 is 5.32 Å². The van der Waals surface area contributed by atoms with Gasteiger partial charge in [-0.2, -0.15) is 5.26 Å². The summed E-state index contributed by atoms with van der Waals surface area (Å²) in [5, 5.41) is 11.7. The summed E-state index contributed by atoms with van der Waals surface area (Å²) in [4.78, 5) is 12.1. The van der Waals surface area contributed by atoms with Crippen molar-refractivity contribution >= 4 is 5.91 Å². The van der Waals surface area contributed by atoms with Gasteiger partial charge in [-0.1, -0.05) is 13.8 Å². The van der Waals surface area contributed by atoms with Gasteiger partial charge in [-0.15, -0.1) is 0 Å². The molecule has 1 aromatic rings. The van der Waals surface area contributed by atoms with Crippen LogP contribution in [0.2, 0.25) is 0 Å². The molecule has 0 fully saturated rings. The fourth-order valence-electron chi connectivity index (χ4n) is 1.65. The number of nitriles is 1. The molecule has 1 unspecified atom stereocenters. The van der Waals surface area contributed by atoms with Crippen LogP contribution in [0.5, 0.6) is 0 Å². The van der Waals surface area contributed by atoms with E-state index in [1.807, 2.05) is 19.9 Å². The van der Waals surface area contributed by atoms with E-state index in [9.17, 15) is 4.79 Å². The molecule has 0 radical (unpaired) electrons. The van der Waals surface area contributed by atoms with Gasteiger partial charge in [0.15, 0.2) is 5.76 Å². The van der Waals surface area contributed by atoms with Crippen molar-refractivity contribution in [3.63, 3.8) is 0 Å². The van der Waals surface area contributed by atoms with Gasteiger partial charge >= 0.3 is 0 Å². The van der Waals surface area contributed by atoms with E-state index < -0.39 is 11.4 Å². The first kappa shape index (κ1) is 14.3. The number of furan rings is 1. The predicted molar refractivity (Wildman–Crippen MR) is 66.2 cm³/mol. The number of carbonyl (C=O) groups is 1. The third-order valence-corrected chi connectivity index (χ3v) is 2.59. The van der Waals surface area contributed by atoms with Crippen LogP contribution in [0.1, 0.15) is 42.8 Å². The van der Waals surface area contributed by atoms with Crippen LogP contribution in [-0.2, 0) is 4.74 Å². The number of ether oxygens (including phenoxy) is 1. The number of rotatable bonds is 5. The van der Waals surface area contributed by atoms with Gasteiger partial charge in [0.1, 0.15) is 5.54 Å². The molecule has 1 N–H and O–H groups in total. The lowest BCUT2D eigenvalue weighted by Gasteiger charge is -2.21. The number of nitrogens with zero attached hydrogens (tertiary/aromatic N) is 1.